The van der Waals surface area contributed by atoms with Gasteiger partial charge in [-0.1, -0.05) is 30.3 Å². The number of nitrogens with zero attached hydrogens (tertiary/aromatic N) is 3. The van der Waals surface area contributed by atoms with Gasteiger partial charge in [0, 0.05) is 17.3 Å². The van der Waals surface area contributed by atoms with Crippen LogP contribution in [0, 0.1) is 0 Å². The van der Waals surface area contributed by atoms with Gasteiger partial charge in [0.2, 0.25) is 0 Å². The third kappa shape index (κ3) is 2.26. The number of carbonyl (C=O) groups is 1. The van der Waals surface area contributed by atoms with Crippen molar-refractivity contribution in [2.75, 3.05) is 4.90 Å². The molecule has 2 heterocycles. The second kappa shape index (κ2) is 5.63. The van der Waals surface area contributed by atoms with Crippen molar-refractivity contribution in [3.63, 3.8) is 0 Å². The number of carbonyl (C=O) groups excluding carboxylic acids is 1. The van der Waals surface area contributed by atoms with E-state index >= 15 is 0 Å². The van der Waals surface area contributed by atoms with Gasteiger partial charge in [0.25, 0.3) is 5.91 Å². The van der Waals surface area contributed by atoms with Gasteiger partial charge in [0.1, 0.15) is 0 Å². The Morgan fingerprint density at radius 1 is 0.885 bits per heavy atom. The molecule has 4 aromatic rings. The van der Waals surface area contributed by atoms with Gasteiger partial charge >= 0.3 is 0 Å². The lowest BCUT2D eigenvalue weighted by Gasteiger charge is -2.23. The molecule has 1 aliphatic heterocycles. The van der Waals surface area contributed by atoms with E-state index in [1.165, 1.54) is 5.56 Å². The number of hydrogen-bond acceptors (Lipinski definition) is 3. The van der Waals surface area contributed by atoms with E-state index < -0.39 is 0 Å². The quantitative estimate of drug-likeness (QED) is 0.484. The summed E-state index contributed by atoms with van der Waals surface area (Å²) in [5.41, 5.74) is 6.12. The van der Waals surface area contributed by atoms with Gasteiger partial charge in [-0.3, -0.25) is 4.79 Å². The van der Waals surface area contributed by atoms with Crippen LogP contribution in [0.5, 0.6) is 0 Å². The van der Waals surface area contributed by atoms with E-state index in [1.54, 1.807) is 0 Å². The predicted molar refractivity (Wildman–Crippen MR) is 103 cm³/mol. The predicted octanol–water partition coefficient (Wildman–Crippen LogP) is 4.37. The van der Waals surface area contributed by atoms with Crippen LogP contribution in [0.25, 0.3) is 22.1 Å². The van der Waals surface area contributed by atoms with Crippen LogP contribution in [0.1, 0.15) is 22.8 Å². The average molecular weight is 339 g/mol. The molecule has 1 atom stereocenters. The van der Waals surface area contributed by atoms with Gasteiger partial charge in [0.05, 0.1) is 22.1 Å². The largest absolute Gasteiger partial charge is 0.305 e. The summed E-state index contributed by atoms with van der Waals surface area (Å²) >= 11 is 0. The molecule has 0 saturated heterocycles. The highest BCUT2D eigenvalue weighted by atomic mass is 16.2. The summed E-state index contributed by atoms with van der Waals surface area (Å²) in [6.45, 7) is 2.09. The first-order valence-electron chi connectivity index (χ1n) is 8.79. The van der Waals surface area contributed by atoms with E-state index in [9.17, 15) is 4.79 Å². The van der Waals surface area contributed by atoms with Crippen LogP contribution >= 0.6 is 0 Å². The maximum absolute atomic E-state index is 13.2. The summed E-state index contributed by atoms with van der Waals surface area (Å²) < 4.78 is 0. The number of benzene rings is 3. The Labute approximate surface area is 151 Å². The number of anilines is 1. The van der Waals surface area contributed by atoms with Crippen LogP contribution in [0.4, 0.5) is 5.69 Å². The van der Waals surface area contributed by atoms with Crippen molar-refractivity contribution in [2.24, 2.45) is 0 Å². The zero-order chi connectivity index (χ0) is 17.7. The van der Waals surface area contributed by atoms with Crippen LogP contribution in [-0.2, 0) is 6.42 Å². The summed E-state index contributed by atoms with van der Waals surface area (Å²) in [6.07, 6.45) is 0.889. The number of hydrogen-bond donors (Lipinski definition) is 0. The highest BCUT2D eigenvalue weighted by molar-refractivity contribution is 6.09. The Kier molecular flexibility index (Phi) is 3.25. The monoisotopic (exact) mass is 339 g/mol. The van der Waals surface area contributed by atoms with Gasteiger partial charge in [-0.05, 0) is 55.3 Å². The molecule has 1 unspecified atom stereocenters. The second-order valence-corrected chi connectivity index (χ2v) is 6.77. The highest BCUT2D eigenvalue weighted by Gasteiger charge is 2.31. The first-order valence-corrected chi connectivity index (χ1v) is 8.79. The first-order chi connectivity index (χ1) is 12.7. The summed E-state index contributed by atoms with van der Waals surface area (Å²) in [7, 11) is 0. The van der Waals surface area contributed by atoms with Gasteiger partial charge in [-0.2, -0.15) is 0 Å². The van der Waals surface area contributed by atoms with E-state index in [0.29, 0.717) is 5.56 Å². The van der Waals surface area contributed by atoms with E-state index in [1.807, 2.05) is 65.6 Å². The average Bonchev–Trinajstić information content (AvgIpc) is 3.01. The number of para-hydroxylation sites is 3. The Morgan fingerprint density at radius 3 is 2.35 bits per heavy atom. The molecule has 4 nitrogen and oxygen atoms in total. The molecule has 0 fully saturated rings. The van der Waals surface area contributed by atoms with Gasteiger partial charge in [-0.15, -0.1) is 0 Å². The minimum absolute atomic E-state index is 0.0132. The lowest BCUT2D eigenvalue weighted by Crippen LogP contribution is -2.35. The number of fused-ring (bicyclic) bond motifs is 3. The van der Waals surface area contributed by atoms with Crippen LogP contribution in [0.15, 0.2) is 66.7 Å². The summed E-state index contributed by atoms with van der Waals surface area (Å²) in [5.74, 6) is 0.0132. The molecule has 0 saturated carbocycles. The Balaban J connectivity index is 1.60. The van der Waals surface area contributed by atoms with Crippen molar-refractivity contribution in [3.8, 4) is 0 Å². The van der Waals surface area contributed by atoms with Crippen molar-refractivity contribution in [1.82, 2.24) is 9.97 Å². The molecule has 5 rings (SSSR count). The minimum atomic E-state index is 0.0132. The van der Waals surface area contributed by atoms with Crippen molar-refractivity contribution in [1.29, 1.82) is 0 Å². The van der Waals surface area contributed by atoms with Gasteiger partial charge in [-0.25, -0.2) is 9.97 Å². The van der Waals surface area contributed by atoms with Crippen molar-refractivity contribution >= 4 is 33.7 Å². The standard InChI is InChI=1S/C22H17N3O/c1-14-12-15-6-2-5-9-21(15)25(14)22(26)16-10-11-19-20(13-16)24-18-8-4-3-7-17(18)23-19/h2-11,13-14H,12H2,1H3. The Bertz CT molecular complexity index is 1170. The third-order valence-corrected chi connectivity index (χ3v) is 5.01. The second-order valence-electron chi connectivity index (χ2n) is 6.77. The topological polar surface area (TPSA) is 46.1 Å². The van der Waals surface area contributed by atoms with Crippen molar-refractivity contribution in [3.05, 3.63) is 77.9 Å². The molecule has 126 valence electrons. The Morgan fingerprint density at radius 2 is 1.54 bits per heavy atom. The lowest BCUT2D eigenvalue weighted by molar-refractivity contribution is 0.0981. The smallest absolute Gasteiger partial charge is 0.258 e. The fourth-order valence-electron chi connectivity index (χ4n) is 3.77. The minimum Gasteiger partial charge on any atom is -0.305 e. The molecular formula is C22H17N3O. The number of amides is 1. The zero-order valence-electron chi connectivity index (χ0n) is 14.4. The number of rotatable bonds is 1. The molecule has 0 radical (unpaired) electrons. The van der Waals surface area contributed by atoms with E-state index in [2.05, 4.69) is 23.0 Å². The zero-order valence-corrected chi connectivity index (χ0v) is 14.4. The van der Waals surface area contributed by atoms with Crippen LogP contribution in [-0.4, -0.2) is 21.9 Å². The number of aromatic nitrogens is 2. The van der Waals surface area contributed by atoms with Crippen LogP contribution in [0.3, 0.4) is 0 Å². The maximum Gasteiger partial charge on any atom is 0.258 e. The molecule has 0 bridgehead atoms. The molecular weight excluding hydrogens is 322 g/mol. The fraction of sp³-hybridized carbons (Fsp3) is 0.136. The van der Waals surface area contributed by atoms with E-state index in [0.717, 1.165) is 34.2 Å². The summed E-state index contributed by atoms with van der Waals surface area (Å²) in [4.78, 5) is 24.4. The van der Waals surface area contributed by atoms with E-state index in [-0.39, 0.29) is 11.9 Å². The molecule has 0 N–H and O–H groups in total. The van der Waals surface area contributed by atoms with Crippen LogP contribution in [0.2, 0.25) is 0 Å². The van der Waals surface area contributed by atoms with Crippen LogP contribution < -0.4 is 4.90 Å². The normalized spacial score (nSPS) is 16.2. The summed E-state index contributed by atoms with van der Waals surface area (Å²) in [6, 6.07) is 21.6. The first kappa shape index (κ1) is 15.0. The summed E-state index contributed by atoms with van der Waals surface area (Å²) in [5, 5.41) is 0. The molecule has 26 heavy (non-hydrogen) atoms. The Hall–Kier alpha value is -3.27. The molecule has 4 heteroatoms. The highest BCUT2D eigenvalue weighted by Crippen LogP contribution is 2.33. The van der Waals surface area contributed by atoms with Gasteiger partial charge < -0.3 is 4.90 Å². The van der Waals surface area contributed by atoms with Crippen molar-refractivity contribution < 1.29 is 4.79 Å². The third-order valence-electron chi connectivity index (χ3n) is 5.01. The molecule has 1 aromatic heterocycles. The fourth-order valence-corrected chi connectivity index (χ4v) is 3.77. The van der Waals surface area contributed by atoms with Crippen molar-refractivity contribution in [2.45, 2.75) is 19.4 Å². The maximum atomic E-state index is 13.2. The lowest BCUT2D eigenvalue weighted by atomic mass is 10.1. The molecule has 1 amide bonds. The van der Waals surface area contributed by atoms with E-state index in [4.69, 9.17) is 0 Å². The molecule has 0 aliphatic carbocycles. The molecule has 0 spiro atoms. The molecule has 3 aromatic carbocycles. The molecule has 1 aliphatic rings. The SMILES string of the molecule is CC1Cc2ccccc2N1C(=O)c1ccc2nc3ccccc3nc2c1. The van der Waals surface area contributed by atoms with Gasteiger partial charge in [0.15, 0.2) is 0 Å².